The summed E-state index contributed by atoms with van der Waals surface area (Å²) in [4.78, 5) is 11.1. The van der Waals surface area contributed by atoms with Crippen molar-refractivity contribution >= 4 is 16.0 Å². The predicted molar refractivity (Wildman–Crippen MR) is 60.4 cm³/mol. The number of sulfonamides is 1. The van der Waals surface area contributed by atoms with Gasteiger partial charge in [0.05, 0.1) is 0 Å². The van der Waals surface area contributed by atoms with Gasteiger partial charge < -0.3 is 0 Å². The first kappa shape index (κ1) is 14.2. The molecule has 20 heavy (non-hydrogen) atoms. The van der Waals surface area contributed by atoms with E-state index in [1.54, 1.807) is 4.72 Å². The summed E-state index contributed by atoms with van der Waals surface area (Å²) >= 11 is 0. The molecule has 12 heteroatoms. The van der Waals surface area contributed by atoms with Crippen LogP contribution in [0.2, 0.25) is 0 Å². The van der Waals surface area contributed by atoms with Crippen LogP contribution in [0.15, 0.2) is 24.8 Å². The number of aromatic nitrogens is 5. The van der Waals surface area contributed by atoms with Crippen LogP contribution in [0.1, 0.15) is 0 Å². The number of nitrogens with zero attached hydrogens (tertiary/aromatic N) is 5. The van der Waals surface area contributed by atoms with Gasteiger partial charge in [-0.1, -0.05) is 0 Å². The lowest BCUT2D eigenvalue weighted by Crippen LogP contribution is -2.29. The summed E-state index contributed by atoms with van der Waals surface area (Å²) in [5.74, 6) is -2.49. The monoisotopic (exact) mass is 308 g/mol. The molecule has 0 aliphatic rings. The highest BCUT2D eigenvalue weighted by molar-refractivity contribution is 7.92. The molecular weight excluding hydrogens is 301 g/mol. The lowest BCUT2D eigenvalue weighted by atomic mass is 10.7. The van der Waals surface area contributed by atoms with Gasteiger partial charge in [0.2, 0.25) is 16.0 Å². The van der Waals surface area contributed by atoms with Gasteiger partial charge in [0.1, 0.15) is 6.33 Å². The van der Waals surface area contributed by atoms with E-state index >= 15 is 0 Å². The summed E-state index contributed by atoms with van der Waals surface area (Å²) in [5, 5.41) is 3.64. The molecule has 0 atom stereocenters. The van der Waals surface area contributed by atoms with E-state index in [1.165, 1.54) is 18.5 Å². The molecule has 0 unspecified atom stereocenters. The summed E-state index contributed by atoms with van der Waals surface area (Å²) < 4.78 is 61.6. The fourth-order valence-electron chi connectivity index (χ4n) is 1.25. The summed E-state index contributed by atoms with van der Waals surface area (Å²) in [6.07, 6.45) is -1.18. The van der Waals surface area contributed by atoms with Gasteiger partial charge in [0.15, 0.2) is 5.75 Å². The second-order valence-electron chi connectivity index (χ2n) is 3.52. The van der Waals surface area contributed by atoms with E-state index in [1.807, 2.05) is 0 Å². The maximum atomic E-state index is 12.1. The number of hydrogen-bond donors (Lipinski definition) is 1. The number of halogens is 3. The highest BCUT2D eigenvalue weighted by Gasteiger charge is 2.35. The molecule has 0 amide bonds. The van der Waals surface area contributed by atoms with E-state index in [4.69, 9.17) is 0 Å². The average molecular weight is 308 g/mol. The second kappa shape index (κ2) is 5.03. The van der Waals surface area contributed by atoms with E-state index < -0.39 is 27.9 Å². The van der Waals surface area contributed by atoms with Crippen LogP contribution in [0.4, 0.5) is 19.1 Å². The van der Waals surface area contributed by atoms with Crippen molar-refractivity contribution in [3.05, 3.63) is 24.8 Å². The van der Waals surface area contributed by atoms with Gasteiger partial charge in [0.25, 0.3) is 5.95 Å². The number of nitrogens with one attached hydrogen (secondary N) is 1. The van der Waals surface area contributed by atoms with Gasteiger partial charge in [-0.3, -0.25) is 4.72 Å². The summed E-state index contributed by atoms with van der Waals surface area (Å²) in [6, 6.07) is 1.51. The lowest BCUT2D eigenvalue weighted by Gasteiger charge is -2.09. The van der Waals surface area contributed by atoms with Crippen LogP contribution in [-0.2, 0) is 10.0 Å². The van der Waals surface area contributed by atoms with Crippen molar-refractivity contribution in [1.29, 1.82) is 0 Å². The fourth-order valence-corrected chi connectivity index (χ4v) is 2.17. The molecule has 2 heterocycles. The predicted octanol–water partition coefficient (Wildman–Crippen LogP) is 0.361. The Balaban J connectivity index is 2.26. The maximum Gasteiger partial charge on any atom is 0.404 e. The van der Waals surface area contributed by atoms with Crippen molar-refractivity contribution in [1.82, 2.24) is 24.7 Å². The molecule has 0 fully saturated rings. The largest absolute Gasteiger partial charge is 0.404 e. The SMILES string of the molecule is O=S(=O)(CC(F)(F)F)Nc1ncnn1-c1ncccn1. The molecule has 0 radical (unpaired) electrons. The second-order valence-corrected chi connectivity index (χ2v) is 5.24. The van der Waals surface area contributed by atoms with Gasteiger partial charge >= 0.3 is 6.18 Å². The first-order chi connectivity index (χ1) is 9.27. The zero-order valence-electron chi connectivity index (χ0n) is 9.61. The molecular formula is C8H7F3N6O2S. The standard InChI is InChI=1S/C8H7F3N6O2S/c9-8(10,11)4-20(18,19)16-7-14-5-15-17(7)6-12-2-1-3-13-6/h1-3,5H,4H2,(H,14,15,16). The summed E-state index contributed by atoms with van der Waals surface area (Å²) in [7, 11) is -4.65. The first-order valence-corrected chi connectivity index (χ1v) is 6.67. The molecule has 0 aliphatic heterocycles. The number of rotatable bonds is 4. The molecule has 1 N–H and O–H groups in total. The molecule has 0 saturated carbocycles. The molecule has 0 spiro atoms. The first-order valence-electron chi connectivity index (χ1n) is 5.01. The van der Waals surface area contributed by atoms with Crippen LogP contribution in [-0.4, -0.2) is 45.1 Å². The molecule has 0 saturated heterocycles. The van der Waals surface area contributed by atoms with Gasteiger partial charge in [-0.15, -0.1) is 0 Å². The van der Waals surface area contributed by atoms with Crippen LogP contribution in [0.5, 0.6) is 0 Å². The van der Waals surface area contributed by atoms with Crippen LogP contribution < -0.4 is 4.72 Å². The third-order valence-electron chi connectivity index (χ3n) is 1.89. The van der Waals surface area contributed by atoms with Gasteiger partial charge in [-0.2, -0.15) is 27.9 Å². The Morgan fingerprint density at radius 1 is 1.20 bits per heavy atom. The number of alkyl halides is 3. The Morgan fingerprint density at radius 3 is 2.45 bits per heavy atom. The van der Waals surface area contributed by atoms with E-state index in [0.717, 1.165) is 11.0 Å². The zero-order chi connectivity index (χ0) is 14.8. The van der Waals surface area contributed by atoms with Crippen LogP contribution in [0.25, 0.3) is 5.95 Å². The summed E-state index contributed by atoms with van der Waals surface area (Å²) in [6.45, 7) is 0. The molecule has 0 aliphatic carbocycles. The molecule has 2 aromatic heterocycles. The Kier molecular flexibility index (Phi) is 3.57. The highest BCUT2D eigenvalue weighted by atomic mass is 32.2. The zero-order valence-corrected chi connectivity index (χ0v) is 10.4. The van der Waals surface area contributed by atoms with Crippen molar-refractivity contribution in [2.75, 3.05) is 10.5 Å². The minimum Gasteiger partial charge on any atom is -0.251 e. The third kappa shape index (κ3) is 3.63. The molecule has 0 aromatic carbocycles. The molecule has 2 rings (SSSR count). The van der Waals surface area contributed by atoms with Gasteiger partial charge in [-0.25, -0.2) is 18.4 Å². The lowest BCUT2D eigenvalue weighted by molar-refractivity contribution is -0.106. The van der Waals surface area contributed by atoms with Crippen LogP contribution >= 0.6 is 0 Å². The van der Waals surface area contributed by atoms with Crippen molar-refractivity contribution in [2.24, 2.45) is 0 Å². The van der Waals surface area contributed by atoms with Crippen LogP contribution in [0.3, 0.4) is 0 Å². The van der Waals surface area contributed by atoms with Crippen molar-refractivity contribution in [3.63, 3.8) is 0 Å². The minimum absolute atomic E-state index is 0.0327. The number of hydrogen-bond acceptors (Lipinski definition) is 6. The topological polar surface area (TPSA) is 103 Å². The van der Waals surface area contributed by atoms with Gasteiger partial charge in [0, 0.05) is 12.4 Å². The van der Waals surface area contributed by atoms with E-state index in [-0.39, 0.29) is 5.95 Å². The van der Waals surface area contributed by atoms with Crippen LogP contribution in [0, 0.1) is 0 Å². The van der Waals surface area contributed by atoms with E-state index in [9.17, 15) is 21.6 Å². The Bertz CT molecular complexity index is 684. The van der Waals surface area contributed by atoms with E-state index in [0.29, 0.717) is 0 Å². The van der Waals surface area contributed by atoms with Crippen molar-refractivity contribution in [3.8, 4) is 5.95 Å². The number of anilines is 1. The molecule has 0 bridgehead atoms. The quantitative estimate of drug-likeness (QED) is 0.875. The Hall–Kier alpha value is -2.24. The maximum absolute atomic E-state index is 12.1. The Labute approximate surface area is 110 Å². The Morgan fingerprint density at radius 2 is 1.85 bits per heavy atom. The molecule has 108 valence electrons. The van der Waals surface area contributed by atoms with Crippen molar-refractivity contribution in [2.45, 2.75) is 6.18 Å². The fraction of sp³-hybridized carbons (Fsp3) is 0.250. The van der Waals surface area contributed by atoms with E-state index in [2.05, 4.69) is 20.1 Å². The smallest absolute Gasteiger partial charge is 0.251 e. The third-order valence-corrected chi connectivity index (χ3v) is 3.09. The highest BCUT2D eigenvalue weighted by Crippen LogP contribution is 2.18. The van der Waals surface area contributed by atoms with Crippen molar-refractivity contribution < 1.29 is 21.6 Å². The average Bonchev–Trinajstić information content (AvgIpc) is 2.74. The van der Waals surface area contributed by atoms with Gasteiger partial charge in [-0.05, 0) is 6.07 Å². The summed E-state index contributed by atoms with van der Waals surface area (Å²) in [5.41, 5.74) is 0. The molecule has 2 aromatic rings. The molecule has 8 nitrogen and oxygen atoms in total. The normalized spacial score (nSPS) is 12.3. The minimum atomic E-state index is -4.86.